The molecule has 2 aromatic rings. The van der Waals surface area contributed by atoms with Crippen molar-refractivity contribution < 1.29 is 19.0 Å². The molecule has 0 aromatic heterocycles. The second-order valence-electron chi connectivity index (χ2n) is 5.83. The number of urea groups is 1. The minimum Gasteiger partial charge on any atom is -0.492 e. The summed E-state index contributed by atoms with van der Waals surface area (Å²) in [6, 6.07) is 12.3. The minimum absolute atomic E-state index is 0.164. The Morgan fingerprint density at radius 1 is 1.15 bits per heavy atom. The predicted molar refractivity (Wildman–Crippen MR) is 99.3 cm³/mol. The molecule has 138 valence electrons. The van der Waals surface area contributed by atoms with Gasteiger partial charge in [0.25, 0.3) is 0 Å². The zero-order valence-corrected chi connectivity index (χ0v) is 15.2. The average Bonchev–Trinajstić information content (AvgIpc) is 2.66. The molecule has 0 saturated heterocycles. The fourth-order valence-electron chi connectivity index (χ4n) is 2.52. The Hall–Kier alpha value is -2.60. The molecule has 26 heavy (non-hydrogen) atoms. The van der Waals surface area contributed by atoms with Crippen LogP contribution in [0.4, 0.5) is 4.79 Å². The second kappa shape index (κ2) is 8.67. The van der Waals surface area contributed by atoms with Gasteiger partial charge < -0.3 is 24.8 Å². The van der Waals surface area contributed by atoms with E-state index >= 15 is 0 Å². The molecule has 2 aromatic carbocycles. The van der Waals surface area contributed by atoms with E-state index in [0.717, 1.165) is 11.3 Å². The van der Waals surface area contributed by atoms with E-state index < -0.39 is 0 Å². The van der Waals surface area contributed by atoms with Crippen LogP contribution in [0.15, 0.2) is 42.5 Å². The zero-order valence-electron chi connectivity index (χ0n) is 14.5. The van der Waals surface area contributed by atoms with Gasteiger partial charge in [-0.25, -0.2) is 4.79 Å². The van der Waals surface area contributed by atoms with Gasteiger partial charge in [-0.1, -0.05) is 17.7 Å². The van der Waals surface area contributed by atoms with E-state index in [0.29, 0.717) is 42.9 Å². The molecule has 0 radical (unpaired) electrons. The number of hydrogen-bond donors (Lipinski definition) is 2. The third kappa shape index (κ3) is 4.95. The van der Waals surface area contributed by atoms with Crippen LogP contribution in [-0.4, -0.2) is 32.4 Å². The maximum Gasteiger partial charge on any atom is 0.315 e. The molecule has 1 unspecified atom stereocenters. The van der Waals surface area contributed by atoms with Crippen molar-refractivity contribution in [3.63, 3.8) is 0 Å². The van der Waals surface area contributed by atoms with Crippen LogP contribution < -0.4 is 24.8 Å². The molecular formula is C19H21ClN2O4. The predicted octanol–water partition coefficient (Wildman–Crippen LogP) is 3.55. The van der Waals surface area contributed by atoms with Crippen LogP contribution in [-0.2, 0) is 0 Å². The summed E-state index contributed by atoms with van der Waals surface area (Å²) in [5, 5.41) is 6.32. The van der Waals surface area contributed by atoms with Crippen molar-refractivity contribution in [2.75, 3.05) is 26.4 Å². The Balaban J connectivity index is 1.42. The van der Waals surface area contributed by atoms with E-state index in [1.165, 1.54) is 0 Å². The molecule has 2 N–H and O–H groups in total. The number of halogens is 1. The zero-order chi connectivity index (χ0) is 18.4. The summed E-state index contributed by atoms with van der Waals surface area (Å²) in [6.07, 6.45) is 0. The molecular weight excluding hydrogens is 356 g/mol. The summed E-state index contributed by atoms with van der Waals surface area (Å²) in [5.74, 6) is 2.15. The van der Waals surface area contributed by atoms with Gasteiger partial charge in [-0.2, -0.15) is 0 Å². The summed E-state index contributed by atoms with van der Waals surface area (Å²) in [7, 11) is 0. The van der Waals surface area contributed by atoms with Crippen molar-refractivity contribution in [3.05, 3.63) is 53.1 Å². The lowest BCUT2D eigenvalue weighted by Crippen LogP contribution is -2.39. The number of fused-ring (bicyclic) bond motifs is 1. The molecule has 1 atom stereocenters. The smallest absolute Gasteiger partial charge is 0.315 e. The third-order valence-electron chi connectivity index (χ3n) is 3.88. The number of carbonyl (C=O) groups excluding carboxylic acids is 1. The Morgan fingerprint density at radius 2 is 1.88 bits per heavy atom. The summed E-state index contributed by atoms with van der Waals surface area (Å²) < 4.78 is 16.6. The number of carbonyl (C=O) groups is 1. The maximum atomic E-state index is 12.0. The molecule has 6 nitrogen and oxygen atoms in total. The van der Waals surface area contributed by atoms with E-state index in [4.69, 9.17) is 25.8 Å². The number of amides is 2. The standard InChI is InChI=1S/C19H21ClN2O4/c1-13(14-2-7-17-18(12-14)26-11-10-25-17)22-19(23)21-8-9-24-16-5-3-15(20)4-6-16/h2-7,12-13H,8-11H2,1H3,(H2,21,22,23). The number of rotatable bonds is 6. The fourth-order valence-corrected chi connectivity index (χ4v) is 2.65. The molecule has 1 heterocycles. The molecule has 0 saturated carbocycles. The molecule has 7 heteroatoms. The van der Waals surface area contributed by atoms with Crippen LogP contribution in [0.5, 0.6) is 17.2 Å². The SMILES string of the molecule is CC(NC(=O)NCCOc1ccc(Cl)cc1)c1ccc2c(c1)OCCO2. The van der Waals surface area contributed by atoms with Crippen molar-refractivity contribution >= 4 is 17.6 Å². The first-order chi connectivity index (χ1) is 12.6. The highest BCUT2D eigenvalue weighted by atomic mass is 35.5. The van der Waals surface area contributed by atoms with Gasteiger partial charge in [-0.3, -0.25) is 0 Å². The van der Waals surface area contributed by atoms with Crippen molar-refractivity contribution in [2.45, 2.75) is 13.0 Å². The Morgan fingerprint density at radius 3 is 2.65 bits per heavy atom. The monoisotopic (exact) mass is 376 g/mol. The minimum atomic E-state index is -0.257. The second-order valence-corrected chi connectivity index (χ2v) is 6.26. The van der Waals surface area contributed by atoms with Gasteiger partial charge >= 0.3 is 6.03 Å². The molecule has 0 fully saturated rings. The third-order valence-corrected chi connectivity index (χ3v) is 4.14. The topological polar surface area (TPSA) is 68.8 Å². The quantitative estimate of drug-likeness (QED) is 0.756. The number of nitrogens with one attached hydrogen (secondary N) is 2. The Labute approximate surface area is 157 Å². The van der Waals surface area contributed by atoms with Gasteiger partial charge in [0.05, 0.1) is 12.6 Å². The van der Waals surface area contributed by atoms with E-state index in [9.17, 15) is 4.79 Å². The lowest BCUT2D eigenvalue weighted by Gasteiger charge is -2.21. The Kier molecular flexibility index (Phi) is 6.07. The van der Waals surface area contributed by atoms with E-state index in [1.54, 1.807) is 24.3 Å². The van der Waals surface area contributed by atoms with Gasteiger partial charge in [0.1, 0.15) is 25.6 Å². The van der Waals surface area contributed by atoms with Crippen LogP contribution >= 0.6 is 11.6 Å². The van der Waals surface area contributed by atoms with Gasteiger partial charge in [0.2, 0.25) is 0 Å². The summed E-state index contributed by atoms with van der Waals surface area (Å²) >= 11 is 5.82. The van der Waals surface area contributed by atoms with Gasteiger partial charge in [-0.05, 0) is 48.9 Å². The van der Waals surface area contributed by atoms with Crippen LogP contribution in [0.25, 0.3) is 0 Å². The van der Waals surface area contributed by atoms with Gasteiger partial charge in [0.15, 0.2) is 11.5 Å². The number of ether oxygens (including phenoxy) is 3. The van der Waals surface area contributed by atoms with E-state index in [1.807, 2.05) is 25.1 Å². The molecule has 0 aliphatic carbocycles. The van der Waals surface area contributed by atoms with Gasteiger partial charge in [-0.15, -0.1) is 0 Å². The molecule has 1 aliphatic heterocycles. The molecule has 0 spiro atoms. The first-order valence-electron chi connectivity index (χ1n) is 8.44. The number of hydrogen-bond acceptors (Lipinski definition) is 4. The van der Waals surface area contributed by atoms with Crippen molar-refractivity contribution in [1.29, 1.82) is 0 Å². The van der Waals surface area contributed by atoms with Crippen LogP contribution in [0.2, 0.25) is 5.02 Å². The lowest BCUT2D eigenvalue weighted by molar-refractivity contribution is 0.171. The van der Waals surface area contributed by atoms with E-state index in [2.05, 4.69) is 10.6 Å². The Bertz CT molecular complexity index is 752. The highest BCUT2D eigenvalue weighted by Crippen LogP contribution is 2.32. The van der Waals surface area contributed by atoms with Crippen molar-refractivity contribution in [3.8, 4) is 17.2 Å². The van der Waals surface area contributed by atoms with E-state index in [-0.39, 0.29) is 12.1 Å². The normalized spacial score (nSPS) is 13.6. The van der Waals surface area contributed by atoms with Gasteiger partial charge in [0, 0.05) is 5.02 Å². The summed E-state index contributed by atoms with van der Waals surface area (Å²) in [5.41, 5.74) is 0.946. The largest absolute Gasteiger partial charge is 0.492 e. The van der Waals surface area contributed by atoms with Crippen LogP contribution in [0.1, 0.15) is 18.5 Å². The van der Waals surface area contributed by atoms with Crippen LogP contribution in [0.3, 0.4) is 0 Å². The highest BCUT2D eigenvalue weighted by molar-refractivity contribution is 6.30. The molecule has 2 amide bonds. The van der Waals surface area contributed by atoms with Crippen molar-refractivity contribution in [1.82, 2.24) is 10.6 Å². The fraction of sp³-hybridized carbons (Fsp3) is 0.316. The summed E-state index contributed by atoms with van der Waals surface area (Å²) in [6.45, 7) is 3.76. The number of benzene rings is 2. The summed E-state index contributed by atoms with van der Waals surface area (Å²) in [4.78, 5) is 12.0. The average molecular weight is 377 g/mol. The first-order valence-corrected chi connectivity index (χ1v) is 8.82. The molecule has 0 bridgehead atoms. The lowest BCUT2D eigenvalue weighted by atomic mass is 10.1. The van der Waals surface area contributed by atoms with Crippen LogP contribution in [0, 0.1) is 0 Å². The van der Waals surface area contributed by atoms with Crippen molar-refractivity contribution in [2.24, 2.45) is 0 Å². The highest BCUT2D eigenvalue weighted by Gasteiger charge is 2.15. The molecule has 3 rings (SSSR count). The first kappa shape index (κ1) is 18.2. The maximum absolute atomic E-state index is 12.0. The molecule has 1 aliphatic rings.